The predicted octanol–water partition coefficient (Wildman–Crippen LogP) is 4.90. The van der Waals surface area contributed by atoms with Gasteiger partial charge < -0.3 is 0 Å². The minimum atomic E-state index is -2.12. The number of allylic oxidation sites excluding steroid dienone is 2. The van der Waals surface area contributed by atoms with Crippen LogP contribution in [0.3, 0.4) is 0 Å². The van der Waals surface area contributed by atoms with Gasteiger partial charge in [-0.25, -0.2) is 0 Å². The topological polar surface area (TPSA) is 0 Å². The standard InChI is InChI=1S/2C4H7.2C2H4.Ru/c2*1-4(2)3;2*1-2;/h2*1-2H2,3H3;2*1-2H2;. The second-order valence-electron chi connectivity index (χ2n) is 5.52. The fourth-order valence-corrected chi connectivity index (χ4v) is 26.6. The predicted molar refractivity (Wildman–Crippen MR) is 58.5 cm³/mol. The minimum absolute atomic E-state index is 1.43. The van der Waals surface area contributed by atoms with Gasteiger partial charge >= 0.3 is 80.7 Å². The van der Waals surface area contributed by atoms with E-state index in [0.717, 1.165) is 0 Å². The summed E-state index contributed by atoms with van der Waals surface area (Å²) >= 11 is -2.12. The summed E-state index contributed by atoms with van der Waals surface area (Å²) in [5, 5.41) is 9.25. The molecule has 0 N–H and O–H groups in total. The Morgan fingerprint density at radius 1 is 0.923 bits per heavy atom. The quantitative estimate of drug-likeness (QED) is 0.502. The summed E-state index contributed by atoms with van der Waals surface area (Å²) in [7, 11) is 0. The molecule has 0 atom stereocenters. The molecule has 0 aromatic carbocycles. The Morgan fingerprint density at radius 3 is 1.38 bits per heavy atom. The van der Waals surface area contributed by atoms with Crippen LogP contribution in [-0.2, 0) is 12.4 Å². The third-order valence-corrected chi connectivity index (χ3v) is 21.7. The normalized spacial score (nSPS) is 34.9. The maximum absolute atomic E-state index is 4.13. The summed E-state index contributed by atoms with van der Waals surface area (Å²) in [6, 6.07) is 0. The molecule has 0 nitrogen and oxygen atoms in total. The fraction of sp³-hybridized carbons (Fsp3) is 0.667. The van der Waals surface area contributed by atoms with Gasteiger partial charge in [0.05, 0.1) is 0 Å². The molecule has 2 fully saturated rings. The Bertz CT molecular complexity index is 269. The molecule has 2 aliphatic heterocycles. The summed E-state index contributed by atoms with van der Waals surface area (Å²) < 4.78 is 0. The molecule has 1 heteroatoms. The van der Waals surface area contributed by atoms with E-state index in [9.17, 15) is 0 Å². The van der Waals surface area contributed by atoms with E-state index in [-0.39, 0.29) is 0 Å². The van der Waals surface area contributed by atoms with E-state index in [0.29, 0.717) is 0 Å². The van der Waals surface area contributed by atoms with Crippen LogP contribution in [0.1, 0.15) is 13.8 Å². The number of hydrogen-bond donors (Lipinski definition) is 0. The van der Waals surface area contributed by atoms with Crippen molar-refractivity contribution in [3.05, 3.63) is 24.3 Å². The Hall–Kier alpha value is 0.103. The summed E-state index contributed by atoms with van der Waals surface area (Å²) in [5.74, 6) is 0. The molecular formula is C12H22Ru. The van der Waals surface area contributed by atoms with Gasteiger partial charge in [-0.3, -0.25) is 0 Å². The monoisotopic (exact) mass is 268 g/mol. The van der Waals surface area contributed by atoms with Crippen LogP contribution < -0.4 is 0 Å². The molecule has 2 rings (SSSR count). The Labute approximate surface area is 80.8 Å². The van der Waals surface area contributed by atoms with Gasteiger partial charge in [-0.15, -0.1) is 0 Å². The first kappa shape index (κ1) is 9.65. The van der Waals surface area contributed by atoms with Crippen molar-refractivity contribution in [2.45, 2.75) is 43.9 Å². The molecule has 0 aromatic heterocycles. The van der Waals surface area contributed by atoms with Crippen molar-refractivity contribution >= 4 is 0 Å². The maximum atomic E-state index is 4.13. The van der Waals surface area contributed by atoms with Gasteiger partial charge in [0, 0.05) is 0 Å². The van der Waals surface area contributed by atoms with Crippen molar-refractivity contribution in [2.75, 3.05) is 0 Å². The molecule has 0 saturated carbocycles. The first-order valence-corrected chi connectivity index (χ1v) is 12.3. The molecule has 0 unspecified atom stereocenters. The van der Waals surface area contributed by atoms with Crippen molar-refractivity contribution in [1.29, 1.82) is 0 Å². The van der Waals surface area contributed by atoms with Crippen LogP contribution in [0.15, 0.2) is 24.3 Å². The molecule has 1 spiro atoms. The molecule has 0 amide bonds. The van der Waals surface area contributed by atoms with E-state index < -0.39 is 12.4 Å². The van der Waals surface area contributed by atoms with Gasteiger partial charge in [-0.05, 0) is 0 Å². The molecule has 78 valence electrons. The Balaban J connectivity index is 2.26. The van der Waals surface area contributed by atoms with Crippen LogP contribution in [0.25, 0.3) is 0 Å². The zero-order valence-corrected chi connectivity index (χ0v) is 10.7. The van der Waals surface area contributed by atoms with E-state index in [1.54, 1.807) is 20.1 Å². The van der Waals surface area contributed by atoms with E-state index in [2.05, 4.69) is 27.0 Å². The summed E-state index contributed by atoms with van der Waals surface area (Å²) in [6.07, 6.45) is 0. The third-order valence-electron chi connectivity index (χ3n) is 3.66. The van der Waals surface area contributed by atoms with Gasteiger partial charge in [0.25, 0.3) is 0 Å². The Kier molecular flexibility index (Phi) is 1.51. The summed E-state index contributed by atoms with van der Waals surface area (Å²) in [6.45, 7) is 12.7. The van der Waals surface area contributed by atoms with Gasteiger partial charge in [-0.1, -0.05) is 0 Å². The van der Waals surface area contributed by atoms with E-state index in [4.69, 9.17) is 0 Å². The van der Waals surface area contributed by atoms with Crippen molar-refractivity contribution in [3.8, 4) is 0 Å². The van der Waals surface area contributed by atoms with Crippen molar-refractivity contribution in [1.82, 2.24) is 0 Å². The van der Waals surface area contributed by atoms with Crippen LogP contribution in [0.4, 0.5) is 0 Å². The van der Waals surface area contributed by atoms with Gasteiger partial charge in [0.2, 0.25) is 0 Å². The molecule has 2 aliphatic rings. The summed E-state index contributed by atoms with van der Waals surface area (Å²) in [5.41, 5.74) is 2.88. The van der Waals surface area contributed by atoms with Crippen molar-refractivity contribution < 1.29 is 12.4 Å². The van der Waals surface area contributed by atoms with Crippen LogP contribution in [0, 0.1) is 0 Å². The molecular weight excluding hydrogens is 245 g/mol. The van der Waals surface area contributed by atoms with Gasteiger partial charge in [-0.2, -0.15) is 0 Å². The number of hydrogen-bond acceptors (Lipinski definition) is 0. The third kappa shape index (κ3) is 1.20. The van der Waals surface area contributed by atoms with E-state index in [1.807, 2.05) is 0 Å². The molecule has 13 heavy (non-hydrogen) atoms. The van der Waals surface area contributed by atoms with Crippen LogP contribution in [0.5, 0.6) is 0 Å². The molecule has 0 bridgehead atoms. The zero-order valence-electron chi connectivity index (χ0n) is 9.01. The van der Waals surface area contributed by atoms with Gasteiger partial charge in [0.15, 0.2) is 0 Å². The molecule has 2 saturated heterocycles. The molecule has 0 radical (unpaired) electrons. The van der Waals surface area contributed by atoms with Crippen LogP contribution >= 0.6 is 0 Å². The molecule has 0 aromatic rings. The van der Waals surface area contributed by atoms with E-state index >= 15 is 0 Å². The molecule has 0 aliphatic carbocycles. The SMILES string of the molecule is C=C(C)[CH2][Ru]12([CH2]C(=C)C)([CH2][CH2]1)[CH2][CH2]2. The van der Waals surface area contributed by atoms with Crippen molar-refractivity contribution in [2.24, 2.45) is 0 Å². The summed E-state index contributed by atoms with van der Waals surface area (Å²) in [4.78, 5) is 0. The van der Waals surface area contributed by atoms with Crippen molar-refractivity contribution in [3.63, 3.8) is 0 Å². The zero-order chi connectivity index (χ0) is 9.81. The first-order valence-electron chi connectivity index (χ1n) is 4.91. The second-order valence-corrected chi connectivity index (χ2v) is 23.3. The average Bonchev–Trinajstić information content (AvgIpc) is 2.75. The molecule has 2 heterocycles. The number of rotatable bonds is 4. The van der Waals surface area contributed by atoms with Crippen LogP contribution in [0.2, 0.25) is 30.1 Å². The fourth-order valence-electron chi connectivity index (χ4n) is 2.76. The first-order chi connectivity index (χ1) is 5.86. The van der Waals surface area contributed by atoms with E-state index in [1.165, 1.54) is 21.2 Å². The average molecular weight is 267 g/mol. The second kappa shape index (κ2) is 2.03. The Morgan fingerprint density at radius 2 is 1.23 bits per heavy atom. The van der Waals surface area contributed by atoms with Gasteiger partial charge in [0.1, 0.15) is 0 Å². The van der Waals surface area contributed by atoms with Crippen LogP contribution in [-0.4, -0.2) is 0 Å².